The van der Waals surface area contributed by atoms with Crippen LogP contribution in [0.3, 0.4) is 0 Å². The predicted molar refractivity (Wildman–Crippen MR) is 50.8 cm³/mol. The van der Waals surface area contributed by atoms with Crippen LogP contribution in [-0.2, 0) is 14.3 Å². The number of carboxylic acid groups (broad SMARTS) is 1. The molecule has 0 spiro atoms. The minimum absolute atomic E-state index is 0.0830. The Kier molecular flexibility index (Phi) is 6.40. The van der Waals surface area contributed by atoms with Crippen LogP contribution in [0.4, 0.5) is 0 Å². The second kappa shape index (κ2) is 6.77. The summed E-state index contributed by atoms with van der Waals surface area (Å²) in [6, 6.07) is 0. The SMILES string of the molecule is CC(C)OC(=O)CSCCC(=O)O. The lowest BCUT2D eigenvalue weighted by molar-refractivity contribution is -0.144. The zero-order chi connectivity index (χ0) is 10.3. The summed E-state index contributed by atoms with van der Waals surface area (Å²) in [5.74, 6) is -0.455. The molecule has 5 heteroatoms. The van der Waals surface area contributed by atoms with E-state index in [9.17, 15) is 9.59 Å². The summed E-state index contributed by atoms with van der Waals surface area (Å²) in [5, 5.41) is 8.29. The molecule has 0 unspecified atom stereocenters. The van der Waals surface area contributed by atoms with E-state index in [1.54, 1.807) is 13.8 Å². The first-order chi connectivity index (χ1) is 6.02. The summed E-state index contributed by atoms with van der Waals surface area (Å²) in [4.78, 5) is 21.0. The molecule has 0 heterocycles. The van der Waals surface area contributed by atoms with Gasteiger partial charge in [-0.05, 0) is 13.8 Å². The van der Waals surface area contributed by atoms with Gasteiger partial charge < -0.3 is 9.84 Å². The zero-order valence-corrected chi connectivity index (χ0v) is 8.60. The van der Waals surface area contributed by atoms with E-state index in [0.717, 1.165) is 0 Å². The lowest BCUT2D eigenvalue weighted by Crippen LogP contribution is -2.13. The maximum Gasteiger partial charge on any atom is 0.316 e. The van der Waals surface area contributed by atoms with E-state index in [2.05, 4.69) is 0 Å². The lowest BCUT2D eigenvalue weighted by Gasteiger charge is -2.06. The van der Waals surface area contributed by atoms with E-state index >= 15 is 0 Å². The molecule has 0 aliphatic rings. The largest absolute Gasteiger partial charge is 0.481 e. The molecule has 0 aromatic heterocycles. The highest BCUT2D eigenvalue weighted by atomic mass is 32.2. The van der Waals surface area contributed by atoms with Crippen LogP contribution >= 0.6 is 11.8 Å². The average molecular weight is 206 g/mol. The first-order valence-electron chi connectivity index (χ1n) is 4.01. The van der Waals surface area contributed by atoms with Crippen molar-refractivity contribution >= 4 is 23.7 Å². The number of thioether (sulfide) groups is 1. The molecule has 0 radical (unpaired) electrons. The van der Waals surface area contributed by atoms with Gasteiger partial charge in [-0.25, -0.2) is 0 Å². The Morgan fingerprint density at radius 2 is 2.08 bits per heavy atom. The van der Waals surface area contributed by atoms with Gasteiger partial charge >= 0.3 is 11.9 Å². The minimum Gasteiger partial charge on any atom is -0.481 e. The molecule has 0 aromatic carbocycles. The van der Waals surface area contributed by atoms with Crippen molar-refractivity contribution < 1.29 is 19.4 Å². The van der Waals surface area contributed by atoms with Crippen molar-refractivity contribution in [3.63, 3.8) is 0 Å². The summed E-state index contributed by atoms with van der Waals surface area (Å²) < 4.78 is 4.85. The molecular weight excluding hydrogens is 192 g/mol. The fraction of sp³-hybridized carbons (Fsp3) is 0.750. The maximum atomic E-state index is 10.9. The number of carbonyl (C=O) groups excluding carboxylic acids is 1. The molecule has 0 bridgehead atoms. The molecular formula is C8H14O4S. The van der Waals surface area contributed by atoms with E-state index in [1.165, 1.54) is 11.8 Å². The zero-order valence-electron chi connectivity index (χ0n) is 7.78. The Morgan fingerprint density at radius 1 is 1.46 bits per heavy atom. The standard InChI is InChI=1S/C8H14O4S/c1-6(2)12-8(11)5-13-4-3-7(9)10/h6H,3-5H2,1-2H3,(H,9,10). The van der Waals surface area contributed by atoms with Gasteiger partial charge in [0, 0.05) is 5.75 Å². The summed E-state index contributed by atoms with van der Waals surface area (Å²) in [6.45, 7) is 3.56. The fourth-order valence-corrected chi connectivity index (χ4v) is 1.31. The quantitative estimate of drug-likeness (QED) is 0.521. The molecule has 1 N–H and O–H groups in total. The average Bonchev–Trinajstić information content (AvgIpc) is 1.96. The van der Waals surface area contributed by atoms with Crippen molar-refractivity contribution in [2.75, 3.05) is 11.5 Å². The Hall–Kier alpha value is -0.710. The number of hydrogen-bond acceptors (Lipinski definition) is 4. The van der Waals surface area contributed by atoms with Gasteiger partial charge in [-0.15, -0.1) is 11.8 Å². The predicted octanol–water partition coefficient (Wildman–Crippen LogP) is 1.15. The molecule has 0 aromatic rings. The van der Waals surface area contributed by atoms with Crippen LogP contribution < -0.4 is 0 Å². The fourth-order valence-electron chi connectivity index (χ4n) is 0.612. The Labute approximate surface area is 81.6 Å². The molecule has 0 aliphatic heterocycles. The van der Waals surface area contributed by atoms with Crippen LogP contribution in [0.15, 0.2) is 0 Å². The van der Waals surface area contributed by atoms with E-state index < -0.39 is 5.97 Å². The third-order valence-electron chi connectivity index (χ3n) is 1.05. The highest BCUT2D eigenvalue weighted by Crippen LogP contribution is 2.04. The molecule has 13 heavy (non-hydrogen) atoms. The number of carboxylic acids is 1. The van der Waals surface area contributed by atoms with E-state index in [1.807, 2.05) is 0 Å². The molecule has 0 fully saturated rings. The third kappa shape index (κ3) is 9.20. The highest BCUT2D eigenvalue weighted by Gasteiger charge is 2.05. The first-order valence-corrected chi connectivity index (χ1v) is 5.17. The molecule has 0 aliphatic carbocycles. The number of hydrogen-bond donors (Lipinski definition) is 1. The number of carbonyl (C=O) groups is 2. The molecule has 76 valence electrons. The number of rotatable bonds is 6. The van der Waals surface area contributed by atoms with Crippen LogP contribution in [0.5, 0.6) is 0 Å². The Bertz CT molecular complexity index is 179. The monoisotopic (exact) mass is 206 g/mol. The molecule has 0 saturated carbocycles. The van der Waals surface area contributed by atoms with Crippen molar-refractivity contribution in [1.29, 1.82) is 0 Å². The van der Waals surface area contributed by atoms with Crippen molar-refractivity contribution in [2.24, 2.45) is 0 Å². The summed E-state index contributed by atoms with van der Waals surface area (Å²) in [5.41, 5.74) is 0. The second-order valence-corrected chi connectivity index (χ2v) is 3.84. The van der Waals surface area contributed by atoms with Crippen LogP contribution in [0.2, 0.25) is 0 Å². The van der Waals surface area contributed by atoms with Gasteiger partial charge in [0.25, 0.3) is 0 Å². The van der Waals surface area contributed by atoms with Gasteiger partial charge in [-0.3, -0.25) is 9.59 Å². The molecule has 4 nitrogen and oxygen atoms in total. The summed E-state index contributed by atoms with van der Waals surface area (Å²) in [6.07, 6.45) is -0.0211. The van der Waals surface area contributed by atoms with Crippen LogP contribution in [-0.4, -0.2) is 34.7 Å². The van der Waals surface area contributed by atoms with Crippen LogP contribution in [0, 0.1) is 0 Å². The van der Waals surface area contributed by atoms with Gasteiger partial charge in [0.05, 0.1) is 18.3 Å². The summed E-state index contributed by atoms with van der Waals surface area (Å²) >= 11 is 1.28. The minimum atomic E-state index is -0.843. The first kappa shape index (κ1) is 12.3. The lowest BCUT2D eigenvalue weighted by atomic mass is 10.5. The van der Waals surface area contributed by atoms with Gasteiger partial charge in [0.2, 0.25) is 0 Å². The van der Waals surface area contributed by atoms with Gasteiger partial charge in [-0.2, -0.15) is 0 Å². The van der Waals surface area contributed by atoms with Gasteiger partial charge in [-0.1, -0.05) is 0 Å². The normalized spacial score (nSPS) is 10.1. The van der Waals surface area contributed by atoms with Gasteiger partial charge in [0.1, 0.15) is 0 Å². The second-order valence-electron chi connectivity index (χ2n) is 2.73. The smallest absolute Gasteiger partial charge is 0.316 e. The topological polar surface area (TPSA) is 63.6 Å². The summed E-state index contributed by atoms with van der Waals surface area (Å²) in [7, 11) is 0. The molecule has 0 saturated heterocycles. The number of esters is 1. The van der Waals surface area contributed by atoms with Crippen LogP contribution in [0.25, 0.3) is 0 Å². The van der Waals surface area contributed by atoms with E-state index in [0.29, 0.717) is 5.75 Å². The Balaban J connectivity index is 3.32. The van der Waals surface area contributed by atoms with Gasteiger partial charge in [0.15, 0.2) is 0 Å². The van der Waals surface area contributed by atoms with Crippen molar-refractivity contribution in [3.05, 3.63) is 0 Å². The number of ether oxygens (including phenoxy) is 1. The van der Waals surface area contributed by atoms with Crippen molar-refractivity contribution in [1.82, 2.24) is 0 Å². The van der Waals surface area contributed by atoms with Crippen molar-refractivity contribution in [3.8, 4) is 0 Å². The molecule has 0 rings (SSSR count). The molecule has 0 atom stereocenters. The van der Waals surface area contributed by atoms with Crippen molar-refractivity contribution in [2.45, 2.75) is 26.4 Å². The maximum absolute atomic E-state index is 10.9. The molecule has 0 amide bonds. The van der Waals surface area contributed by atoms with E-state index in [-0.39, 0.29) is 24.2 Å². The van der Waals surface area contributed by atoms with Crippen LogP contribution in [0.1, 0.15) is 20.3 Å². The Morgan fingerprint density at radius 3 is 2.54 bits per heavy atom. The highest BCUT2D eigenvalue weighted by molar-refractivity contribution is 7.99. The van der Waals surface area contributed by atoms with E-state index in [4.69, 9.17) is 9.84 Å². The third-order valence-corrected chi connectivity index (χ3v) is 1.98. The number of aliphatic carboxylic acids is 1.